The number of rotatable bonds is 5. The summed E-state index contributed by atoms with van der Waals surface area (Å²) in [6, 6.07) is 0. The molecule has 84 valence electrons. The standard InChI is InChI=1S/C10H17BrN4/c1-3-15(6-8(2)4-12)10-9(11)5-13-7-14-10/h5,7-8H,3-4,6,12H2,1-2H3. The van der Waals surface area contributed by atoms with E-state index in [-0.39, 0.29) is 0 Å². The van der Waals surface area contributed by atoms with Gasteiger partial charge < -0.3 is 10.6 Å². The van der Waals surface area contributed by atoms with Gasteiger partial charge in [0.2, 0.25) is 0 Å². The van der Waals surface area contributed by atoms with Crippen molar-refractivity contribution in [2.24, 2.45) is 11.7 Å². The van der Waals surface area contributed by atoms with Crippen molar-refractivity contribution in [3.05, 3.63) is 17.0 Å². The minimum Gasteiger partial charge on any atom is -0.356 e. The van der Waals surface area contributed by atoms with Gasteiger partial charge in [-0.2, -0.15) is 0 Å². The van der Waals surface area contributed by atoms with Crippen LogP contribution in [0.4, 0.5) is 5.82 Å². The topological polar surface area (TPSA) is 55.0 Å². The second-order valence-corrected chi connectivity index (χ2v) is 4.43. The molecule has 1 aromatic heterocycles. The van der Waals surface area contributed by atoms with Gasteiger partial charge in [-0.05, 0) is 35.3 Å². The zero-order valence-electron chi connectivity index (χ0n) is 9.15. The van der Waals surface area contributed by atoms with Gasteiger partial charge >= 0.3 is 0 Å². The number of hydrogen-bond donors (Lipinski definition) is 1. The normalized spacial score (nSPS) is 12.5. The van der Waals surface area contributed by atoms with Gasteiger partial charge in [0, 0.05) is 19.3 Å². The van der Waals surface area contributed by atoms with Gasteiger partial charge in [-0.25, -0.2) is 9.97 Å². The zero-order valence-corrected chi connectivity index (χ0v) is 10.7. The smallest absolute Gasteiger partial charge is 0.146 e. The predicted molar refractivity (Wildman–Crippen MR) is 65.8 cm³/mol. The van der Waals surface area contributed by atoms with Crippen LogP contribution in [0, 0.1) is 5.92 Å². The van der Waals surface area contributed by atoms with Crippen molar-refractivity contribution in [3.8, 4) is 0 Å². The first kappa shape index (κ1) is 12.4. The molecule has 0 aliphatic carbocycles. The van der Waals surface area contributed by atoms with E-state index in [1.165, 1.54) is 0 Å². The molecule has 2 N–H and O–H groups in total. The number of hydrogen-bond acceptors (Lipinski definition) is 4. The maximum Gasteiger partial charge on any atom is 0.146 e. The van der Waals surface area contributed by atoms with Crippen LogP contribution in [0.1, 0.15) is 13.8 Å². The molecule has 1 unspecified atom stereocenters. The lowest BCUT2D eigenvalue weighted by Crippen LogP contribution is -2.32. The fourth-order valence-corrected chi connectivity index (χ4v) is 1.83. The van der Waals surface area contributed by atoms with Crippen LogP contribution in [-0.4, -0.2) is 29.6 Å². The van der Waals surface area contributed by atoms with Crippen molar-refractivity contribution in [1.29, 1.82) is 0 Å². The molecule has 0 saturated heterocycles. The van der Waals surface area contributed by atoms with Gasteiger partial charge in [0.1, 0.15) is 12.1 Å². The molecule has 0 saturated carbocycles. The number of anilines is 1. The lowest BCUT2D eigenvalue weighted by Gasteiger charge is -2.25. The van der Waals surface area contributed by atoms with Crippen LogP contribution in [0.5, 0.6) is 0 Å². The highest BCUT2D eigenvalue weighted by molar-refractivity contribution is 9.10. The van der Waals surface area contributed by atoms with E-state index in [2.05, 4.69) is 44.6 Å². The van der Waals surface area contributed by atoms with Crippen molar-refractivity contribution in [1.82, 2.24) is 9.97 Å². The van der Waals surface area contributed by atoms with Crippen molar-refractivity contribution in [3.63, 3.8) is 0 Å². The van der Waals surface area contributed by atoms with Gasteiger partial charge in [0.05, 0.1) is 4.47 Å². The third-order valence-corrected chi connectivity index (χ3v) is 2.82. The SMILES string of the molecule is CCN(CC(C)CN)c1ncncc1Br. The molecule has 1 heterocycles. The molecule has 1 rings (SSSR count). The van der Waals surface area contributed by atoms with Crippen molar-refractivity contribution >= 4 is 21.7 Å². The van der Waals surface area contributed by atoms with E-state index in [1.807, 2.05) is 0 Å². The molecule has 1 aromatic rings. The second kappa shape index (κ2) is 6.02. The molecule has 0 aliphatic rings. The van der Waals surface area contributed by atoms with Crippen LogP contribution in [-0.2, 0) is 0 Å². The highest BCUT2D eigenvalue weighted by atomic mass is 79.9. The molecule has 0 aromatic carbocycles. The first-order valence-electron chi connectivity index (χ1n) is 5.09. The molecule has 4 nitrogen and oxygen atoms in total. The van der Waals surface area contributed by atoms with Crippen LogP contribution in [0.15, 0.2) is 17.0 Å². The molecule has 1 atom stereocenters. The van der Waals surface area contributed by atoms with Crippen LogP contribution in [0.25, 0.3) is 0 Å². The average molecular weight is 273 g/mol. The minimum atomic E-state index is 0.465. The minimum absolute atomic E-state index is 0.465. The number of nitrogens with two attached hydrogens (primary N) is 1. The molecule has 0 aliphatic heterocycles. The summed E-state index contributed by atoms with van der Waals surface area (Å²) in [5, 5.41) is 0. The van der Waals surface area contributed by atoms with Crippen molar-refractivity contribution in [2.75, 3.05) is 24.5 Å². The average Bonchev–Trinajstić information content (AvgIpc) is 2.26. The van der Waals surface area contributed by atoms with Gasteiger partial charge in [-0.1, -0.05) is 6.92 Å². The fourth-order valence-electron chi connectivity index (χ4n) is 1.35. The highest BCUT2D eigenvalue weighted by Crippen LogP contribution is 2.22. The highest BCUT2D eigenvalue weighted by Gasteiger charge is 2.12. The molecule has 0 bridgehead atoms. The Morgan fingerprint density at radius 2 is 2.33 bits per heavy atom. The quantitative estimate of drug-likeness (QED) is 0.886. The van der Waals surface area contributed by atoms with Gasteiger partial charge in [0.25, 0.3) is 0 Å². The third-order valence-electron chi connectivity index (χ3n) is 2.26. The maximum absolute atomic E-state index is 5.62. The molecular formula is C10H17BrN4. The molecule has 15 heavy (non-hydrogen) atoms. The van der Waals surface area contributed by atoms with E-state index in [1.54, 1.807) is 12.5 Å². The van der Waals surface area contributed by atoms with Gasteiger partial charge in [-0.15, -0.1) is 0 Å². The summed E-state index contributed by atoms with van der Waals surface area (Å²) in [6.45, 7) is 6.78. The molecule has 0 fully saturated rings. The van der Waals surface area contributed by atoms with E-state index < -0.39 is 0 Å². The Bertz CT molecular complexity index is 305. The van der Waals surface area contributed by atoms with Crippen LogP contribution in [0.2, 0.25) is 0 Å². The maximum atomic E-state index is 5.62. The Hall–Kier alpha value is -0.680. The third kappa shape index (κ3) is 3.43. The summed E-state index contributed by atoms with van der Waals surface area (Å²) in [5.41, 5.74) is 5.62. The monoisotopic (exact) mass is 272 g/mol. The van der Waals surface area contributed by atoms with Crippen molar-refractivity contribution in [2.45, 2.75) is 13.8 Å². The first-order chi connectivity index (χ1) is 7.19. The zero-order chi connectivity index (χ0) is 11.3. The summed E-state index contributed by atoms with van der Waals surface area (Å²) < 4.78 is 0.927. The van der Waals surface area contributed by atoms with E-state index in [0.29, 0.717) is 12.5 Å². The molecule has 5 heteroatoms. The Morgan fingerprint density at radius 3 is 2.87 bits per heavy atom. The van der Waals surface area contributed by atoms with Gasteiger partial charge in [0.15, 0.2) is 0 Å². The number of halogens is 1. The number of aromatic nitrogens is 2. The molecule has 0 spiro atoms. The summed E-state index contributed by atoms with van der Waals surface area (Å²) in [4.78, 5) is 10.4. The largest absolute Gasteiger partial charge is 0.356 e. The Labute approximate surface area is 99.0 Å². The Kier molecular flexibility index (Phi) is 4.98. The summed E-state index contributed by atoms with van der Waals surface area (Å²) in [6.07, 6.45) is 3.33. The lowest BCUT2D eigenvalue weighted by molar-refractivity contribution is 0.572. The van der Waals surface area contributed by atoms with E-state index >= 15 is 0 Å². The summed E-state index contributed by atoms with van der Waals surface area (Å²) >= 11 is 3.45. The Morgan fingerprint density at radius 1 is 1.60 bits per heavy atom. The molecule has 0 radical (unpaired) electrons. The fraction of sp³-hybridized carbons (Fsp3) is 0.600. The number of nitrogens with zero attached hydrogens (tertiary/aromatic N) is 3. The van der Waals surface area contributed by atoms with Gasteiger partial charge in [-0.3, -0.25) is 0 Å². The van der Waals surface area contributed by atoms with Crippen LogP contribution in [0.3, 0.4) is 0 Å². The molecule has 0 amide bonds. The predicted octanol–water partition coefficient (Wildman–Crippen LogP) is 1.66. The van der Waals surface area contributed by atoms with Crippen molar-refractivity contribution < 1.29 is 0 Å². The van der Waals surface area contributed by atoms with Crippen LogP contribution >= 0.6 is 15.9 Å². The summed E-state index contributed by atoms with van der Waals surface area (Å²) in [7, 11) is 0. The van der Waals surface area contributed by atoms with E-state index in [0.717, 1.165) is 23.4 Å². The lowest BCUT2D eigenvalue weighted by atomic mass is 10.1. The summed E-state index contributed by atoms with van der Waals surface area (Å²) in [5.74, 6) is 1.40. The van der Waals surface area contributed by atoms with Crippen LogP contribution < -0.4 is 10.6 Å². The second-order valence-electron chi connectivity index (χ2n) is 3.57. The first-order valence-corrected chi connectivity index (χ1v) is 5.88. The Balaban J connectivity index is 2.78. The molecular weight excluding hydrogens is 256 g/mol. The van der Waals surface area contributed by atoms with E-state index in [4.69, 9.17) is 5.73 Å². The van der Waals surface area contributed by atoms with E-state index in [9.17, 15) is 0 Å².